The van der Waals surface area contributed by atoms with E-state index in [1.54, 1.807) is 0 Å². The fourth-order valence-electron chi connectivity index (χ4n) is 1.78. The smallest absolute Gasteiger partial charge is 0.308 e. The van der Waals surface area contributed by atoms with E-state index in [1.807, 2.05) is 13.0 Å². The quantitative estimate of drug-likeness (QED) is 0.477. The molecule has 6 heteroatoms. The molecule has 96 valence electrons. The van der Waals surface area contributed by atoms with Crippen LogP contribution in [0.25, 0.3) is 0 Å². The number of nitrogens with two attached hydrogens (primary N) is 1. The Morgan fingerprint density at radius 2 is 2.47 bits per heavy atom. The molecule has 0 amide bonds. The van der Waals surface area contributed by atoms with Crippen molar-refractivity contribution in [3.63, 3.8) is 0 Å². The Morgan fingerprint density at radius 3 is 2.94 bits per heavy atom. The highest BCUT2D eigenvalue weighted by Gasteiger charge is 2.30. The van der Waals surface area contributed by atoms with E-state index in [-0.39, 0.29) is 12.6 Å². The van der Waals surface area contributed by atoms with Gasteiger partial charge < -0.3 is 21.3 Å². The van der Waals surface area contributed by atoms with E-state index in [2.05, 4.69) is 10.3 Å². The average Bonchev–Trinajstić information content (AvgIpc) is 2.70. The number of hydrogen-bond donors (Lipinski definition) is 4. The van der Waals surface area contributed by atoms with Crippen LogP contribution in [-0.2, 0) is 4.79 Å². The Balaban J connectivity index is 2.48. The van der Waals surface area contributed by atoms with Crippen LogP contribution >= 0.6 is 0 Å². The predicted molar refractivity (Wildman–Crippen MR) is 64.6 cm³/mol. The first-order valence-electron chi connectivity index (χ1n) is 5.60. The fourth-order valence-corrected chi connectivity index (χ4v) is 1.78. The van der Waals surface area contributed by atoms with Crippen LogP contribution in [0.3, 0.4) is 0 Å². The number of aliphatic hydroxyl groups excluding tert-OH is 1. The van der Waals surface area contributed by atoms with Crippen LogP contribution in [0.1, 0.15) is 19.8 Å². The van der Waals surface area contributed by atoms with E-state index in [0.29, 0.717) is 25.3 Å². The molecule has 0 saturated heterocycles. The van der Waals surface area contributed by atoms with Gasteiger partial charge in [-0.05, 0) is 19.8 Å². The average molecular weight is 241 g/mol. The number of nitrogens with zero attached hydrogens (tertiary/aromatic N) is 1. The zero-order valence-corrected chi connectivity index (χ0v) is 9.89. The molecular formula is C11H19N3O3. The van der Waals surface area contributed by atoms with Crippen molar-refractivity contribution in [1.29, 1.82) is 0 Å². The summed E-state index contributed by atoms with van der Waals surface area (Å²) in [7, 11) is 0. The third kappa shape index (κ3) is 4.07. The summed E-state index contributed by atoms with van der Waals surface area (Å²) >= 11 is 0. The van der Waals surface area contributed by atoms with Gasteiger partial charge in [0, 0.05) is 0 Å². The van der Waals surface area contributed by atoms with E-state index in [4.69, 9.17) is 15.9 Å². The van der Waals surface area contributed by atoms with Gasteiger partial charge in [-0.2, -0.15) is 0 Å². The molecule has 5 N–H and O–H groups in total. The number of hydrogen-bond acceptors (Lipinski definition) is 5. The standard InChI is InChI=1S/C11H19N3O3/c1-7(6-15)3-2-4-8(10(16)17)9-5-13-11(12)14-9/h3,8-9,15H,2,4-6H2,1H3,(H,16,17)(H3,12,13,14)/t8-,9+/m1/s1. The first-order chi connectivity index (χ1) is 8.04. The summed E-state index contributed by atoms with van der Waals surface area (Å²) in [5, 5.41) is 20.8. The molecule has 1 heterocycles. The monoisotopic (exact) mass is 241 g/mol. The van der Waals surface area contributed by atoms with Gasteiger partial charge in [0.2, 0.25) is 0 Å². The molecule has 0 unspecified atom stereocenters. The second kappa shape index (κ2) is 6.24. The normalized spacial score (nSPS) is 21.9. The number of rotatable bonds is 6. The Kier molecular flexibility index (Phi) is 4.96. The lowest BCUT2D eigenvalue weighted by molar-refractivity contribution is -0.142. The van der Waals surface area contributed by atoms with Gasteiger partial charge in [-0.15, -0.1) is 0 Å². The van der Waals surface area contributed by atoms with Crippen LogP contribution in [-0.4, -0.2) is 41.3 Å². The molecule has 6 nitrogen and oxygen atoms in total. The second-order valence-electron chi connectivity index (χ2n) is 4.21. The van der Waals surface area contributed by atoms with Crippen molar-refractivity contribution in [2.75, 3.05) is 13.2 Å². The number of aliphatic imine (C=N–C) groups is 1. The molecule has 0 aromatic rings. The minimum absolute atomic E-state index is 0.00940. The van der Waals surface area contributed by atoms with Crippen molar-refractivity contribution >= 4 is 11.9 Å². The van der Waals surface area contributed by atoms with Crippen LogP contribution in [0, 0.1) is 5.92 Å². The number of carbonyl (C=O) groups is 1. The van der Waals surface area contributed by atoms with Crippen LogP contribution in [0.4, 0.5) is 0 Å². The highest BCUT2D eigenvalue weighted by molar-refractivity contribution is 5.81. The summed E-state index contributed by atoms with van der Waals surface area (Å²) in [6.07, 6.45) is 2.99. The maximum absolute atomic E-state index is 11.1. The zero-order chi connectivity index (χ0) is 12.8. The highest BCUT2D eigenvalue weighted by Crippen LogP contribution is 2.16. The summed E-state index contributed by atoms with van der Waals surface area (Å²) in [5.41, 5.74) is 6.31. The van der Waals surface area contributed by atoms with Crippen LogP contribution in [0.15, 0.2) is 16.6 Å². The van der Waals surface area contributed by atoms with Gasteiger partial charge in [-0.25, -0.2) is 0 Å². The van der Waals surface area contributed by atoms with Crippen molar-refractivity contribution in [1.82, 2.24) is 5.32 Å². The number of carboxylic acid groups (broad SMARTS) is 1. The Labute approximate surface area is 100 Å². The Hall–Kier alpha value is -1.56. The summed E-state index contributed by atoms with van der Waals surface area (Å²) in [6, 6.07) is -0.227. The number of carboxylic acids is 1. The van der Waals surface area contributed by atoms with E-state index < -0.39 is 11.9 Å². The molecular weight excluding hydrogens is 222 g/mol. The molecule has 17 heavy (non-hydrogen) atoms. The number of aliphatic hydroxyl groups is 1. The molecule has 0 fully saturated rings. The van der Waals surface area contributed by atoms with Gasteiger partial charge in [0.15, 0.2) is 5.96 Å². The summed E-state index contributed by atoms with van der Waals surface area (Å²) in [6.45, 7) is 2.23. The molecule has 0 spiro atoms. The minimum Gasteiger partial charge on any atom is -0.481 e. The number of allylic oxidation sites excluding steroid dienone is 1. The van der Waals surface area contributed by atoms with E-state index in [0.717, 1.165) is 5.57 Å². The topological polar surface area (TPSA) is 108 Å². The van der Waals surface area contributed by atoms with Crippen molar-refractivity contribution in [3.8, 4) is 0 Å². The molecule has 0 saturated carbocycles. The van der Waals surface area contributed by atoms with Crippen molar-refractivity contribution in [3.05, 3.63) is 11.6 Å². The fraction of sp³-hybridized carbons (Fsp3) is 0.636. The minimum atomic E-state index is -0.845. The van der Waals surface area contributed by atoms with Gasteiger partial charge in [0.05, 0.1) is 25.1 Å². The van der Waals surface area contributed by atoms with Gasteiger partial charge >= 0.3 is 5.97 Å². The molecule has 1 rings (SSSR count). The zero-order valence-electron chi connectivity index (χ0n) is 9.89. The lowest BCUT2D eigenvalue weighted by Crippen LogP contribution is -2.42. The van der Waals surface area contributed by atoms with Crippen LogP contribution in [0.2, 0.25) is 0 Å². The Bertz CT molecular complexity index is 339. The molecule has 0 aromatic heterocycles. The van der Waals surface area contributed by atoms with E-state index in [1.165, 1.54) is 0 Å². The van der Waals surface area contributed by atoms with E-state index >= 15 is 0 Å². The van der Waals surface area contributed by atoms with Crippen molar-refractivity contribution in [2.24, 2.45) is 16.6 Å². The SMILES string of the molecule is CC(=CCC[C@@H](C(=O)O)[C@@H]1CN=C(N)N1)CO. The first kappa shape index (κ1) is 13.5. The molecule has 0 radical (unpaired) electrons. The van der Waals surface area contributed by atoms with E-state index in [9.17, 15) is 4.79 Å². The highest BCUT2D eigenvalue weighted by atomic mass is 16.4. The Morgan fingerprint density at radius 1 is 1.76 bits per heavy atom. The molecule has 1 aliphatic rings. The van der Waals surface area contributed by atoms with Gasteiger partial charge in [-0.3, -0.25) is 9.79 Å². The summed E-state index contributed by atoms with van der Waals surface area (Å²) < 4.78 is 0. The predicted octanol–water partition coefficient (Wildman–Crippen LogP) is -0.307. The summed E-state index contributed by atoms with van der Waals surface area (Å²) in [4.78, 5) is 15.1. The van der Waals surface area contributed by atoms with Crippen LogP contribution in [0.5, 0.6) is 0 Å². The molecule has 0 aliphatic carbocycles. The van der Waals surface area contributed by atoms with Gasteiger partial charge in [0.1, 0.15) is 0 Å². The number of nitrogens with one attached hydrogen (secondary N) is 1. The first-order valence-corrected chi connectivity index (χ1v) is 5.60. The molecule has 1 aliphatic heterocycles. The van der Waals surface area contributed by atoms with Gasteiger partial charge in [-0.1, -0.05) is 11.6 Å². The maximum Gasteiger partial charge on any atom is 0.308 e. The maximum atomic E-state index is 11.1. The number of guanidine groups is 1. The largest absolute Gasteiger partial charge is 0.481 e. The summed E-state index contributed by atoms with van der Waals surface area (Å²) in [5.74, 6) is -1.05. The number of aliphatic carboxylic acids is 1. The molecule has 0 aromatic carbocycles. The lowest BCUT2D eigenvalue weighted by atomic mass is 9.94. The third-order valence-electron chi connectivity index (χ3n) is 2.81. The molecule has 0 bridgehead atoms. The lowest BCUT2D eigenvalue weighted by Gasteiger charge is -2.18. The van der Waals surface area contributed by atoms with Crippen LogP contribution < -0.4 is 11.1 Å². The van der Waals surface area contributed by atoms with Gasteiger partial charge in [0.25, 0.3) is 0 Å². The second-order valence-corrected chi connectivity index (χ2v) is 4.21. The molecule has 2 atom stereocenters. The third-order valence-corrected chi connectivity index (χ3v) is 2.81. The van der Waals surface area contributed by atoms with Crippen molar-refractivity contribution in [2.45, 2.75) is 25.8 Å². The van der Waals surface area contributed by atoms with Crippen molar-refractivity contribution < 1.29 is 15.0 Å².